The smallest absolute Gasteiger partial charge is 0.318 e. The molecule has 0 aliphatic carbocycles. The van der Waals surface area contributed by atoms with Crippen molar-refractivity contribution in [3.63, 3.8) is 0 Å². The minimum atomic E-state index is -0.268. The van der Waals surface area contributed by atoms with E-state index in [1.54, 1.807) is 25.2 Å². The van der Waals surface area contributed by atoms with E-state index in [1.165, 1.54) is 12.1 Å². The van der Waals surface area contributed by atoms with Crippen LogP contribution in [0.4, 0.5) is 16.2 Å². The minimum Gasteiger partial charge on any atom is -0.504 e. The quantitative estimate of drug-likeness (QED) is 0.558. The first kappa shape index (κ1) is 14.5. The van der Waals surface area contributed by atoms with Crippen molar-refractivity contribution >= 4 is 17.4 Å². The number of urea groups is 1. The number of anilines is 2. The van der Waals surface area contributed by atoms with Crippen molar-refractivity contribution in [2.24, 2.45) is 0 Å². The van der Waals surface area contributed by atoms with Crippen LogP contribution in [0, 0.1) is 0 Å². The molecule has 0 spiro atoms. The van der Waals surface area contributed by atoms with Crippen LogP contribution >= 0.6 is 0 Å². The van der Waals surface area contributed by atoms with Gasteiger partial charge in [0.2, 0.25) is 0 Å². The van der Waals surface area contributed by atoms with Gasteiger partial charge in [0, 0.05) is 25.0 Å². The molecule has 0 aliphatic heterocycles. The fourth-order valence-corrected chi connectivity index (χ4v) is 1.75. The van der Waals surface area contributed by atoms with Gasteiger partial charge < -0.3 is 26.2 Å². The van der Waals surface area contributed by atoms with E-state index in [9.17, 15) is 15.0 Å². The van der Waals surface area contributed by atoms with Crippen LogP contribution in [0.15, 0.2) is 42.5 Å². The van der Waals surface area contributed by atoms with E-state index < -0.39 is 0 Å². The number of carbonyl (C=O) groups excluding carboxylic acids is 1. The third-order valence-electron chi connectivity index (χ3n) is 2.91. The van der Waals surface area contributed by atoms with Crippen LogP contribution in [0.1, 0.15) is 5.56 Å². The van der Waals surface area contributed by atoms with Crippen molar-refractivity contribution in [3.8, 4) is 11.5 Å². The van der Waals surface area contributed by atoms with E-state index in [-0.39, 0.29) is 17.5 Å². The Hall–Kier alpha value is -2.89. The molecule has 0 aliphatic rings. The predicted octanol–water partition coefficient (Wildman–Crippen LogP) is 2.46. The Balaban J connectivity index is 1.94. The summed E-state index contributed by atoms with van der Waals surface area (Å²) in [6.45, 7) is 0.510. The summed E-state index contributed by atoms with van der Waals surface area (Å²) < 4.78 is 0. The number of aromatic hydroxyl groups is 2. The van der Waals surface area contributed by atoms with Gasteiger partial charge in [-0.1, -0.05) is 6.07 Å². The number of carbonyl (C=O) groups is 1. The third-order valence-corrected chi connectivity index (χ3v) is 2.91. The van der Waals surface area contributed by atoms with Crippen LogP contribution in [0.5, 0.6) is 11.5 Å². The van der Waals surface area contributed by atoms with Crippen LogP contribution in [-0.2, 0) is 6.54 Å². The summed E-state index contributed by atoms with van der Waals surface area (Å²) in [5.74, 6) is -0.275. The summed E-state index contributed by atoms with van der Waals surface area (Å²) in [5, 5.41) is 27.0. The molecule has 0 atom stereocenters. The Bertz CT molecular complexity index is 627. The maximum Gasteiger partial charge on any atom is 0.318 e. The second-order valence-electron chi connectivity index (χ2n) is 4.46. The molecule has 0 radical (unpaired) electrons. The maximum atomic E-state index is 11.2. The molecule has 21 heavy (non-hydrogen) atoms. The number of rotatable bonds is 4. The Kier molecular flexibility index (Phi) is 4.50. The van der Waals surface area contributed by atoms with E-state index in [1.807, 2.05) is 12.1 Å². The monoisotopic (exact) mass is 287 g/mol. The van der Waals surface area contributed by atoms with Crippen LogP contribution in [0.3, 0.4) is 0 Å². The average molecular weight is 287 g/mol. The molecule has 5 N–H and O–H groups in total. The normalized spacial score (nSPS) is 9.95. The van der Waals surface area contributed by atoms with Gasteiger partial charge in [-0.15, -0.1) is 0 Å². The van der Waals surface area contributed by atoms with Crippen LogP contribution < -0.4 is 16.0 Å². The molecule has 2 amide bonds. The van der Waals surface area contributed by atoms with E-state index in [0.717, 1.165) is 11.3 Å². The van der Waals surface area contributed by atoms with Crippen molar-refractivity contribution in [1.29, 1.82) is 0 Å². The molecule has 0 bridgehead atoms. The number of phenolic OH excluding ortho intramolecular Hbond substituents is 2. The van der Waals surface area contributed by atoms with Crippen molar-refractivity contribution in [2.45, 2.75) is 6.54 Å². The highest BCUT2D eigenvalue weighted by Crippen LogP contribution is 2.25. The average Bonchev–Trinajstić information content (AvgIpc) is 2.50. The first-order valence-electron chi connectivity index (χ1n) is 6.42. The van der Waals surface area contributed by atoms with Crippen molar-refractivity contribution in [3.05, 3.63) is 48.0 Å². The Morgan fingerprint density at radius 1 is 1.00 bits per heavy atom. The molecule has 2 rings (SSSR count). The summed E-state index contributed by atoms with van der Waals surface area (Å²) in [7, 11) is 1.55. The second kappa shape index (κ2) is 6.51. The van der Waals surface area contributed by atoms with E-state index in [4.69, 9.17) is 0 Å². The minimum absolute atomic E-state index is 0.136. The molecule has 6 nitrogen and oxygen atoms in total. The van der Waals surface area contributed by atoms with Gasteiger partial charge in [0.05, 0.1) is 0 Å². The molecule has 110 valence electrons. The lowest BCUT2D eigenvalue weighted by Crippen LogP contribution is -2.24. The van der Waals surface area contributed by atoms with Gasteiger partial charge in [0.25, 0.3) is 0 Å². The lowest BCUT2D eigenvalue weighted by atomic mass is 10.2. The first-order chi connectivity index (χ1) is 10.1. The Labute approximate surface area is 122 Å². The zero-order chi connectivity index (χ0) is 15.2. The van der Waals surface area contributed by atoms with Crippen LogP contribution in [-0.4, -0.2) is 23.3 Å². The summed E-state index contributed by atoms with van der Waals surface area (Å²) in [6, 6.07) is 11.7. The van der Waals surface area contributed by atoms with Gasteiger partial charge in [0.1, 0.15) is 0 Å². The van der Waals surface area contributed by atoms with Gasteiger partial charge in [-0.3, -0.25) is 0 Å². The lowest BCUT2D eigenvalue weighted by molar-refractivity contribution is 0.254. The lowest BCUT2D eigenvalue weighted by Gasteiger charge is -2.09. The first-order valence-corrected chi connectivity index (χ1v) is 6.42. The molecular formula is C15H17N3O3. The van der Waals surface area contributed by atoms with E-state index in [2.05, 4.69) is 16.0 Å². The van der Waals surface area contributed by atoms with Crippen LogP contribution in [0.2, 0.25) is 0 Å². The summed E-state index contributed by atoms with van der Waals surface area (Å²) in [6.07, 6.45) is 0. The largest absolute Gasteiger partial charge is 0.504 e. The molecular weight excluding hydrogens is 270 g/mol. The van der Waals surface area contributed by atoms with Crippen molar-refractivity contribution in [2.75, 3.05) is 17.7 Å². The predicted molar refractivity (Wildman–Crippen MR) is 81.6 cm³/mol. The Morgan fingerprint density at radius 3 is 2.29 bits per heavy atom. The molecule has 6 heteroatoms. The van der Waals surface area contributed by atoms with Crippen LogP contribution in [0.25, 0.3) is 0 Å². The highest BCUT2D eigenvalue weighted by atomic mass is 16.3. The van der Waals surface area contributed by atoms with Gasteiger partial charge in [-0.25, -0.2) is 4.79 Å². The fourth-order valence-electron chi connectivity index (χ4n) is 1.75. The van der Waals surface area contributed by atoms with Gasteiger partial charge in [-0.05, 0) is 42.0 Å². The molecule has 0 unspecified atom stereocenters. The van der Waals surface area contributed by atoms with Crippen molar-refractivity contribution in [1.82, 2.24) is 5.32 Å². The van der Waals surface area contributed by atoms with Gasteiger partial charge in [0.15, 0.2) is 11.5 Å². The topological polar surface area (TPSA) is 93.6 Å². The summed E-state index contributed by atoms with van der Waals surface area (Å²) in [5.41, 5.74) is 2.42. The zero-order valence-electron chi connectivity index (χ0n) is 11.6. The zero-order valence-corrected chi connectivity index (χ0v) is 11.6. The molecule has 0 fully saturated rings. The standard InChI is InChI=1S/C15H17N3O3/c1-16-15(21)18-12-5-3-11(4-6-12)17-9-10-2-7-13(19)14(20)8-10/h2-8,17,19-20H,9H2,1H3,(H2,16,18,21). The fraction of sp³-hybridized carbons (Fsp3) is 0.133. The number of benzene rings is 2. The molecule has 2 aromatic rings. The molecule has 0 saturated heterocycles. The Morgan fingerprint density at radius 2 is 1.67 bits per heavy atom. The highest BCUT2D eigenvalue weighted by molar-refractivity contribution is 5.89. The van der Waals surface area contributed by atoms with Gasteiger partial charge in [-0.2, -0.15) is 0 Å². The molecule has 0 aromatic heterocycles. The number of hydrogen-bond acceptors (Lipinski definition) is 4. The number of nitrogens with one attached hydrogen (secondary N) is 3. The molecule has 0 saturated carbocycles. The van der Waals surface area contributed by atoms with Crippen molar-refractivity contribution < 1.29 is 15.0 Å². The van der Waals surface area contributed by atoms with E-state index in [0.29, 0.717) is 12.2 Å². The molecule has 2 aromatic carbocycles. The summed E-state index contributed by atoms with van der Waals surface area (Å²) >= 11 is 0. The highest BCUT2D eigenvalue weighted by Gasteiger charge is 2.01. The SMILES string of the molecule is CNC(=O)Nc1ccc(NCc2ccc(O)c(O)c2)cc1. The maximum absolute atomic E-state index is 11.2. The number of amides is 2. The number of hydrogen-bond donors (Lipinski definition) is 5. The number of phenols is 2. The second-order valence-corrected chi connectivity index (χ2v) is 4.46. The van der Waals surface area contributed by atoms with Gasteiger partial charge >= 0.3 is 6.03 Å². The van der Waals surface area contributed by atoms with E-state index >= 15 is 0 Å². The summed E-state index contributed by atoms with van der Waals surface area (Å²) in [4.78, 5) is 11.2. The molecule has 0 heterocycles. The third kappa shape index (κ3) is 4.04.